The number of amides is 1. The molecule has 1 saturated heterocycles. The molecule has 0 aromatic carbocycles. The van der Waals surface area contributed by atoms with Crippen molar-refractivity contribution in [3.05, 3.63) is 0 Å². The van der Waals surface area contributed by atoms with Crippen molar-refractivity contribution in [3.8, 4) is 0 Å². The Morgan fingerprint density at radius 2 is 2.04 bits per heavy atom. The molecule has 3 aliphatic heterocycles. The van der Waals surface area contributed by atoms with Crippen LogP contribution < -0.4 is 5.73 Å². The molecule has 0 bridgehead atoms. The van der Waals surface area contributed by atoms with Gasteiger partial charge >= 0.3 is 15.6 Å². The Morgan fingerprint density at radius 3 is 2.70 bits per heavy atom. The van der Waals surface area contributed by atoms with Crippen molar-refractivity contribution in [3.63, 3.8) is 0 Å². The summed E-state index contributed by atoms with van der Waals surface area (Å²) in [4.78, 5) is 50.8. The normalized spacial score (nSPS) is 32.9. The van der Waals surface area contributed by atoms with E-state index in [0.717, 1.165) is 0 Å². The van der Waals surface area contributed by atoms with E-state index in [4.69, 9.17) is 20.3 Å². The average molecular weight is 427 g/mol. The van der Waals surface area contributed by atoms with Crippen molar-refractivity contribution in [2.75, 3.05) is 6.61 Å². The number of rotatable bonds is 6. The highest BCUT2D eigenvalue weighted by Gasteiger charge is 2.45. The summed E-state index contributed by atoms with van der Waals surface area (Å²) in [5, 5.41) is 10.1. The number of hydrogen-bond acceptors (Lipinski definition) is 11. The quantitative estimate of drug-likeness (QED) is 0.281. The van der Waals surface area contributed by atoms with Crippen LogP contribution in [0.1, 0.15) is 6.42 Å². The fourth-order valence-corrected chi connectivity index (χ4v) is 4.20. The number of carbonyl (C=O) groups excluding carboxylic acids is 1. The number of carbonyl (C=O) groups is 1. The number of aliphatic hydroxyl groups is 1. The van der Waals surface area contributed by atoms with Crippen molar-refractivity contribution in [2.24, 2.45) is 20.7 Å². The van der Waals surface area contributed by atoms with Gasteiger partial charge in [-0.05, 0) is 0 Å². The molecule has 6 N–H and O–H groups in total. The van der Waals surface area contributed by atoms with Crippen LogP contribution in [0.25, 0.3) is 0 Å². The summed E-state index contributed by atoms with van der Waals surface area (Å²) < 4.78 is 35.7. The lowest BCUT2D eigenvalue weighted by atomic mass is 10.2. The Hall–Kier alpha value is -1.54. The lowest BCUT2D eigenvalue weighted by Gasteiger charge is -2.25. The Morgan fingerprint density at radius 1 is 1.33 bits per heavy atom. The molecule has 1 fully saturated rings. The van der Waals surface area contributed by atoms with Crippen LogP contribution in [0.3, 0.4) is 0 Å². The third-order valence-electron chi connectivity index (χ3n) is 3.66. The number of phosphoric acid groups is 2. The highest BCUT2D eigenvalue weighted by Crippen LogP contribution is 2.57. The van der Waals surface area contributed by atoms with Crippen LogP contribution in [0.2, 0.25) is 0 Å². The van der Waals surface area contributed by atoms with Gasteiger partial charge in [-0.25, -0.2) is 9.13 Å². The first-order valence-corrected chi connectivity index (χ1v) is 10.3. The molecule has 15 nitrogen and oxygen atoms in total. The number of guanidine groups is 1. The van der Waals surface area contributed by atoms with Gasteiger partial charge in [0, 0.05) is 6.42 Å². The molecular weight excluding hydrogens is 412 g/mol. The summed E-state index contributed by atoms with van der Waals surface area (Å²) in [7, 11) is -10.3. The summed E-state index contributed by atoms with van der Waals surface area (Å²) in [6.07, 6.45) is -1.88. The fourth-order valence-electron chi connectivity index (χ4n) is 2.60. The Balaban J connectivity index is 1.63. The van der Waals surface area contributed by atoms with Gasteiger partial charge in [-0.1, -0.05) is 0 Å². The monoisotopic (exact) mass is 427 g/mol. The van der Waals surface area contributed by atoms with E-state index in [0.29, 0.717) is 0 Å². The molecule has 17 heteroatoms. The highest BCUT2D eigenvalue weighted by atomic mass is 31.3. The van der Waals surface area contributed by atoms with E-state index >= 15 is 0 Å². The molecule has 0 aromatic rings. The zero-order valence-electron chi connectivity index (χ0n) is 13.3. The fraction of sp³-hybridized carbons (Fsp3) is 0.600. The van der Waals surface area contributed by atoms with Gasteiger partial charge in [-0.2, -0.15) is 14.3 Å². The molecule has 5 atom stereocenters. The van der Waals surface area contributed by atoms with Gasteiger partial charge in [0.2, 0.25) is 5.96 Å². The second-order valence-corrected chi connectivity index (χ2v) is 8.45. The minimum absolute atomic E-state index is 0.00783. The maximum Gasteiger partial charge on any atom is 0.481 e. The number of phosphoric ester groups is 1. The van der Waals surface area contributed by atoms with E-state index in [2.05, 4.69) is 23.8 Å². The third kappa shape index (κ3) is 4.66. The first-order chi connectivity index (χ1) is 12.5. The van der Waals surface area contributed by atoms with Gasteiger partial charge in [-0.15, -0.1) is 0 Å². The van der Waals surface area contributed by atoms with Gasteiger partial charge in [0.25, 0.3) is 5.91 Å². The smallest absolute Gasteiger partial charge is 0.390 e. The summed E-state index contributed by atoms with van der Waals surface area (Å²) in [5.74, 6) is -0.703. The van der Waals surface area contributed by atoms with Gasteiger partial charge in [0.1, 0.15) is 12.3 Å². The first-order valence-electron chi connectivity index (χ1n) is 7.31. The molecule has 27 heavy (non-hydrogen) atoms. The number of hydrogen-bond donors (Lipinski definition) is 5. The van der Waals surface area contributed by atoms with E-state index in [1.807, 2.05) is 0 Å². The number of nitrogens with two attached hydrogens (primary N) is 1. The Kier molecular flexibility index (Phi) is 5.33. The number of ether oxygens (including phenoxy) is 1. The lowest BCUT2D eigenvalue weighted by Crippen LogP contribution is -2.44. The van der Waals surface area contributed by atoms with Crippen LogP contribution in [-0.4, -0.2) is 79.8 Å². The highest BCUT2D eigenvalue weighted by molar-refractivity contribution is 7.60. The molecule has 1 amide bonds. The predicted octanol–water partition coefficient (Wildman–Crippen LogP) is -2.35. The van der Waals surface area contributed by atoms with Gasteiger partial charge in [-0.3, -0.25) is 19.2 Å². The second kappa shape index (κ2) is 7.13. The van der Waals surface area contributed by atoms with Crippen LogP contribution in [0.15, 0.2) is 15.0 Å². The minimum Gasteiger partial charge on any atom is -0.390 e. The molecule has 0 saturated carbocycles. The predicted molar refractivity (Wildman–Crippen MR) is 86.4 cm³/mol. The van der Waals surface area contributed by atoms with E-state index in [1.165, 1.54) is 11.2 Å². The van der Waals surface area contributed by atoms with Crippen molar-refractivity contribution in [1.82, 2.24) is 4.90 Å². The zero-order chi connectivity index (χ0) is 20.0. The van der Waals surface area contributed by atoms with E-state index in [-0.39, 0.29) is 18.2 Å². The zero-order valence-corrected chi connectivity index (χ0v) is 15.1. The van der Waals surface area contributed by atoms with E-state index in [1.54, 1.807) is 0 Å². The first kappa shape index (κ1) is 20.2. The van der Waals surface area contributed by atoms with Crippen LogP contribution >= 0.6 is 15.6 Å². The maximum absolute atomic E-state index is 11.8. The molecule has 150 valence electrons. The molecule has 0 radical (unpaired) electrons. The Bertz CT molecular complexity index is 823. The SMILES string of the molecule is NC1=NC(=O)C2N=CN([C@H]3C[C@H](O)[C@@H](COP(=O)(O)OP(=O)(O)O)O3)C2=N1. The largest absolute Gasteiger partial charge is 0.481 e. The molecule has 3 aliphatic rings. The van der Waals surface area contributed by atoms with Crippen molar-refractivity contribution in [1.29, 1.82) is 0 Å². The number of aliphatic hydroxyl groups excluding tert-OH is 1. The Labute approximate surface area is 151 Å². The summed E-state index contributed by atoms with van der Waals surface area (Å²) in [5.41, 5.74) is 5.46. The molecule has 3 rings (SSSR count). The van der Waals surface area contributed by atoms with Gasteiger partial charge in [0.05, 0.1) is 19.0 Å². The molecule has 2 unspecified atom stereocenters. The van der Waals surface area contributed by atoms with Crippen LogP contribution in [0, 0.1) is 0 Å². The van der Waals surface area contributed by atoms with Crippen LogP contribution in [-0.2, 0) is 27.5 Å². The maximum atomic E-state index is 11.8. The van der Waals surface area contributed by atoms with Gasteiger partial charge in [0.15, 0.2) is 11.9 Å². The number of fused-ring (bicyclic) bond motifs is 1. The molecular formula is C10H15N5O10P2. The van der Waals surface area contributed by atoms with E-state index < -0.39 is 52.6 Å². The van der Waals surface area contributed by atoms with Gasteiger partial charge < -0.3 is 30.3 Å². The van der Waals surface area contributed by atoms with Crippen LogP contribution in [0.4, 0.5) is 0 Å². The average Bonchev–Trinajstić information content (AvgIpc) is 3.06. The number of amidine groups is 1. The van der Waals surface area contributed by atoms with Crippen molar-refractivity contribution < 1.29 is 47.3 Å². The standard InChI is InChI=1S/C10H15N5O10P2/c11-10-13-8-7(9(17)14-10)12-3-15(8)6-1-4(16)5(24-6)2-23-27(21,22)25-26(18,19)20/h3-7,16H,1-2H2,(H,21,22)(H2,11,14,17)(H2,18,19,20)/t4-,5+,6+,7?/m0/s1. The molecule has 0 aliphatic carbocycles. The van der Waals surface area contributed by atoms with E-state index in [9.17, 15) is 23.9 Å². The lowest BCUT2D eigenvalue weighted by molar-refractivity contribution is -0.117. The second-order valence-electron chi connectivity index (χ2n) is 5.62. The molecule has 0 aromatic heterocycles. The summed E-state index contributed by atoms with van der Waals surface area (Å²) >= 11 is 0. The summed E-state index contributed by atoms with van der Waals surface area (Å²) in [6, 6.07) is -0.970. The van der Waals surface area contributed by atoms with Crippen molar-refractivity contribution in [2.45, 2.75) is 30.9 Å². The number of aliphatic imine (C=N–C) groups is 3. The van der Waals surface area contributed by atoms with Crippen LogP contribution in [0.5, 0.6) is 0 Å². The molecule has 0 spiro atoms. The topological polar surface area (TPSA) is 226 Å². The molecule has 3 heterocycles. The minimum atomic E-state index is -5.26. The third-order valence-corrected chi connectivity index (χ3v) is 5.81. The summed E-state index contributed by atoms with van der Waals surface area (Å²) in [6.45, 7) is -0.700. The number of nitrogens with zero attached hydrogens (tertiary/aromatic N) is 4. The van der Waals surface area contributed by atoms with Crippen molar-refractivity contribution >= 4 is 39.7 Å².